The van der Waals surface area contributed by atoms with Crippen LogP contribution in [0.1, 0.15) is 37.8 Å². The van der Waals surface area contributed by atoms with Gasteiger partial charge in [-0.15, -0.1) is 0 Å². The maximum Gasteiger partial charge on any atom is 0.137 e. The molecule has 0 amide bonds. The zero-order chi connectivity index (χ0) is 11.4. The molecule has 1 heterocycles. The van der Waals surface area contributed by atoms with Crippen molar-refractivity contribution in [3.05, 3.63) is 17.0 Å². The molecule has 0 aliphatic heterocycles. The van der Waals surface area contributed by atoms with Gasteiger partial charge in [-0.3, -0.25) is 0 Å². The first-order chi connectivity index (χ1) is 7.00. The van der Waals surface area contributed by atoms with Crippen LogP contribution in [0.3, 0.4) is 0 Å². The summed E-state index contributed by atoms with van der Waals surface area (Å²) >= 11 is 0. The standard InChI is InChI=1S/C12H22N2O/c1-8(2)7-13-9(3)6-12-10(4)14-15-11(12)5/h8-9,13H,6-7H2,1-5H3. The molecule has 0 fully saturated rings. The van der Waals surface area contributed by atoms with Crippen LogP contribution in [0.4, 0.5) is 0 Å². The third kappa shape index (κ3) is 3.67. The van der Waals surface area contributed by atoms with Gasteiger partial charge < -0.3 is 9.84 Å². The van der Waals surface area contributed by atoms with Gasteiger partial charge in [0.1, 0.15) is 5.76 Å². The molecule has 0 aromatic carbocycles. The van der Waals surface area contributed by atoms with E-state index in [1.165, 1.54) is 5.56 Å². The van der Waals surface area contributed by atoms with Crippen molar-refractivity contribution in [3.8, 4) is 0 Å². The fourth-order valence-electron chi connectivity index (χ4n) is 1.61. The van der Waals surface area contributed by atoms with E-state index in [-0.39, 0.29) is 0 Å². The van der Waals surface area contributed by atoms with Crippen LogP contribution in [0.25, 0.3) is 0 Å². The Morgan fingerprint density at radius 1 is 1.27 bits per heavy atom. The van der Waals surface area contributed by atoms with E-state index in [4.69, 9.17) is 4.52 Å². The van der Waals surface area contributed by atoms with Crippen LogP contribution >= 0.6 is 0 Å². The van der Waals surface area contributed by atoms with E-state index in [1.807, 2.05) is 13.8 Å². The van der Waals surface area contributed by atoms with Gasteiger partial charge in [-0.2, -0.15) is 0 Å². The molecule has 15 heavy (non-hydrogen) atoms. The monoisotopic (exact) mass is 210 g/mol. The predicted molar refractivity (Wildman–Crippen MR) is 62.0 cm³/mol. The molecular weight excluding hydrogens is 188 g/mol. The molecule has 1 aromatic heterocycles. The Bertz CT molecular complexity index is 285. The van der Waals surface area contributed by atoms with Crippen LogP contribution < -0.4 is 5.32 Å². The largest absolute Gasteiger partial charge is 0.361 e. The third-order valence-electron chi connectivity index (χ3n) is 2.57. The summed E-state index contributed by atoms with van der Waals surface area (Å²) in [5.41, 5.74) is 2.27. The van der Waals surface area contributed by atoms with Gasteiger partial charge in [-0.1, -0.05) is 19.0 Å². The van der Waals surface area contributed by atoms with Crippen LogP contribution in [0.5, 0.6) is 0 Å². The van der Waals surface area contributed by atoms with E-state index in [1.54, 1.807) is 0 Å². The second-order valence-electron chi connectivity index (χ2n) is 4.71. The second kappa shape index (κ2) is 5.31. The molecule has 1 aromatic rings. The molecule has 1 unspecified atom stereocenters. The highest BCUT2D eigenvalue weighted by Crippen LogP contribution is 2.14. The van der Waals surface area contributed by atoms with Crippen molar-refractivity contribution in [2.45, 2.75) is 47.1 Å². The van der Waals surface area contributed by atoms with E-state index in [0.29, 0.717) is 12.0 Å². The van der Waals surface area contributed by atoms with Crippen molar-refractivity contribution >= 4 is 0 Å². The summed E-state index contributed by atoms with van der Waals surface area (Å²) in [6.45, 7) is 11.7. The van der Waals surface area contributed by atoms with E-state index in [2.05, 4.69) is 31.2 Å². The number of hydrogen-bond acceptors (Lipinski definition) is 3. The van der Waals surface area contributed by atoms with Crippen molar-refractivity contribution in [1.29, 1.82) is 0 Å². The number of aromatic nitrogens is 1. The second-order valence-corrected chi connectivity index (χ2v) is 4.71. The maximum absolute atomic E-state index is 5.14. The molecule has 0 aliphatic rings. The molecule has 3 heteroatoms. The van der Waals surface area contributed by atoms with E-state index in [9.17, 15) is 0 Å². The van der Waals surface area contributed by atoms with E-state index >= 15 is 0 Å². The summed E-state index contributed by atoms with van der Waals surface area (Å²) in [7, 11) is 0. The molecule has 0 saturated heterocycles. The summed E-state index contributed by atoms with van der Waals surface area (Å²) in [6, 6.07) is 0.476. The Hall–Kier alpha value is -0.830. The first kappa shape index (κ1) is 12.2. The average molecular weight is 210 g/mol. The number of aryl methyl sites for hydroxylation is 2. The Balaban J connectivity index is 2.47. The molecular formula is C12H22N2O. The van der Waals surface area contributed by atoms with Gasteiger partial charge in [0.05, 0.1) is 5.69 Å². The van der Waals surface area contributed by atoms with Gasteiger partial charge in [-0.05, 0) is 39.7 Å². The number of hydrogen-bond donors (Lipinski definition) is 1. The maximum atomic E-state index is 5.14. The predicted octanol–water partition coefficient (Wildman–Crippen LogP) is 2.47. The average Bonchev–Trinajstić information content (AvgIpc) is 2.46. The highest BCUT2D eigenvalue weighted by atomic mass is 16.5. The molecule has 0 radical (unpaired) electrons. The lowest BCUT2D eigenvalue weighted by atomic mass is 10.1. The lowest BCUT2D eigenvalue weighted by Crippen LogP contribution is -2.31. The Kier molecular flexibility index (Phi) is 4.33. The third-order valence-corrected chi connectivity index (χ3v) is 2.57. The molecule has 1 atom stereocenters. The Morgan fingerprint density at radius 2 is 1.93 bits per heavy atom. The van der Waals surface area contributed by atoms with Crippen molar-refractivity contribution in [3.63, 3.8) is 0 Å². The molecule has 1 N–H and O–H groups in total. The fourth-order valence-corrected chi connectivity index (χ4v) is 1.61. The Morgan fingerprint density at radius 3 is 2.40 bits per heavy atom. The van der Waals surface area contributed by atoms with Crippen LogP contribution in [-0.2, 0) is 6.42 Å². The lowest BCUT2D eigenvalue weighted by Gasteiger charge is -2.15. The molecule has 0 bridgehead atoms. The van der Waals surface area contributed by atoms with Gasteiger partial charge in [0, 0.05) is 11.6 Å². The van der Waals surface area contributed by atoms with Crippen LogP contribution in [0, 0.1) is 19.8 Å². The first-order valence-corrected chi connectivity index (χ1v) is 5.65. The molecule has 0 saturated carbocycles. The minimum Gasteiger partial charge on any atom is -0.361 e. The summed E-state index contributed by atoms with van der Waals surface area (Å²) < 4.78 is 5.14. The topological polar surface area (TPSA) is 38.1 Å². The van der Waals surface area contributed by atoms with Gasteiger partial charge in [0.25, 0.3) is 0 Å². The van der Waals surface area contributed by atoms with Crippen LogP contribution in [0.2, 0.25) is 0 Å². The van der Waals surface area contributed by atoms with Crippen molar-refractivity contribution in [1.82, 2.24) is 10.5 Å². The van der Waals surface area contributed by atoms with Crippen molar-refractivity contribution in [2.75, 3.05) is 6.54 Å². The molecule has 3 nitrogen and oxygen atoms in total. The highest BCUT2D eigenvalue weighted by Gasteiger charge is 2.12. The normalized spacial score (nSPS) is 13.5. The van der Waals surface area contributed by atoms with Gasteiger partial charge in [-0.25, -0.2) is 0 Å². The first-order valence-electron chi connectivity index (χ1n) is 5.65. The smallest absolute Gasteiger partial charge is 0.137 e. The zero-order valence-corrected chi connectivity index (χ0v) is 10.4. The van der Waals surface area contributed by atoms with Gasteiger partial charge in [0.2, 0.25) is 0 Å². The minimum absolute atomic E-state index is 0.476. The van der Waals surface area contributed by atoms with Crippen LogP contribution in [0.15, 0.2) is 4.52 Å². The van der Waals surface area contributed by atoms with Crippen molar-refractivity contribution in [2.24, 2.45) is 5.92 Å². The fraction of sp³-hybridized carbons (Fsp3) is 0.750. The summed E-state index contributed by atoms with van der Waals surface area (Å²) in [6.07, 6.45) is 0.994. The van der Waals surface area contributed by atoms with Gasteiger partial charge in [0.15, 0.2) is 0 Å². The molecule has 0 spiro atoms. The molecule has 86 valence electrons. The summed E-state index contributed by atoms with van der Waals surface area (Å²) in [5.74, 6) is 1.64. The SMILES string of the molecule is Cc1noc(C)c1CC(C)NCC(C)C. The minimum atomic E-state index is 0.476. The highest BCUT2D eigenvalue weighted by molar-refractivity contribution is 5.21. The van der Waals surface area contributed by atoms with Gasteiger partial charge >= 0.3 is 0 Å². The number of nitrogens with zero attached hydrogens (tertiary/aromatic N) is 1. The van der Waals surface area contributed by atoms with Crippen LogP contribution in [-0.4, -0.2) is 17.7 Å². The quantitative estimate of drug-likeness (QED) is 0.811. The molecule has 0 aliphatic carbocycles. The summed E-state index contributed by atoms with van der Waals surface area (Å²) in [5, 5.41) is 7.47. The number of rotatable bonds is 5. The van der Waals surface area contributed by atoms with E-state index < -0.39 is 0 Å². The zero-order valence-electron chi connectivity index (χ0n) is 10.4. The van der Waals surface area contributed by atoms with Crippen molar-refractivity contribution < 1.29 is 4.52 Å². The van der Waals surface area contributed by atoms with E-state index in [0.717, 1.165) is 24.4 Å². The Labute approximate surface area is 92.2 Å². The lowest BCUT2D eigenvalue weighted by molar-refractivity contribution is 0.391. The number of nitrogens with one attached hydrogen (secondary N) is 1. The summed E-state index contributed by atoms with van der Waals surface area (Å²) in [4.78, 5) is 0. The molecule has 1 rings (SSSR count).